The van der Waals surface area contributed by atoms with Crippen molar-refractivity contribution in [3.05, 3.63) is 39.0 Å². The summed E-state index contributed by atoms with van der Waals surface area (Å²) in [6, 6.07) is 10.7. The van der Waals surface area contributed by atoms with Gasteiger partial charge in [0.2, 0.25) is 12.5 Å². The standard InChI is InChI=1S/C19H22BrNO3S/c20-18-9-8-17(25-18)14(10-11-21-13-4-1-2-5-13)24-16-7-3-6-15-19(16)23-12-22-15/h3,6-9,13-14,21H,1-2,4-5,10-12H2/t14-/m0/s1. The molecule has 1 aromatic heterocycles. The maximum atomic E-state index is 6.37. The van der Waals surface area contributed by atoms with Crippen molar-refractivity contribution >= 4 is 27.3 Å². The molecule has 134 valence electrons. The van der Waals surface area contributed by atoms with Gasteiger partial charge < -0.3 is 19.5 Å². The molecule has 0 radical (unpaired) electrons. The monoisotopic (exact) mass is 423 g/mol. The Labute approximate surface area is 160 Å². The van der Waals surface area contributed by atoms with E-state index < -0.39 is 0 Å². The topological polar surface area (TPSA) is 39.7 Å². The molecule has 1 aliphatic carbocycles. The van der Waals surface area contributed by atoms with Crippen LogP contribution in [0, 0.1) is 0 Å². The van der Waals surface area contributed by atoms with Crippen LogP contribution in [-0.2, 0) is 0 Å². The Balaban J connectivity index is 1.46. The Hall–Kier alpha value is -1.24. The lowest BCUT2D eigenvalue weighted by molar-refractivity contribution is 0.158. The number of nitrogens with one attached hydrogen (secondary N) is 1. The van der Waals surface area contributed by atoms with Gasteiger partial charge in [0, 0.05) is 17.3 Å². The van der Waals surface area contributed by atoms with Crippen LogP contribution in [0.5, 0.6) is 17.2 Å². The first-order valence-corrected chi connectivity index (χ1v) is 10.4. The van der Waals surface area contributed by atoms with Gasteiger partial charge in [0.15, 0.2) is 11.5 Å². The number of ether oxygens (including phenoxy) is 3. The van der Waals surface area contributed by atoms with Crippen LogP contribution in [-0.4, -0.2) is 19.4 Å². The van der Waals surface area contributed by atoms with E-state index in [0.717, 1.165) is 28.3 Å². The second-order valence-corrected chi connectivity index (χ2v) is 8.96. The third kappa shape index (κ3) is 4.13. The number of thiophene rings is 1. The van der Waals surface area contributed by atoms with Crippen molar-refractivity contribution in [2.45, 2.75) is 44.2 Å². The SMILES string of the molecule is Brc1ccc([C@H](CCNC2CCCC2)Oc2cccc3c2OCO3)s1. The summed E-state index contributed by atoms with van der Waals surface area (Å²) in [5.74, 6) is 2.23. The van der Waals surface area contributed by atoms with Gasteiger partial charge in [0.05, 0.1) is 3.79 Å². The van der Waals surface area contributed by atoms with Gasteiger partial charge >= 0.3 is 0 Å². The van der Waals surface area contributed by atoms with Gasteiger partial charge in [0.25, 0.3) is 0 Å². The number of fused-ring (bicyclic) bond motifs is 1. The van der Waals surface area contributed by atoms with Crippen LogP contribution in [0.2, 0.25) is 0 Å². The van der Waals surface area contributed by atoms with E-state index in [4.69, 9.17) is 14.2 Å². The molecule has 1 aromatic carbocycles. The van der Waals surface area contributed by atoms with E-state index in [-0.39, 0.29) is 12.9 Å². The molecule has 0 unspecified atom stereocenters. The lowest BCUT2D eigenvalue weighted by Crippen LogP contribution is -2.28. The largest absolute Gasteiger partial charge is 0.481 e. The molecule has 4 nitrogen and oxygen atoms in total. The fourth-order valence-corrected chi connectivity index (χ4v) is 4.95. The lowest BCUT2D eigenvalue weighted by Gasteiger charge is -2.20. The first-order chi connectivity index (χ1) is 12.3. The van der Waals surface area contributed by atoms with Crippen molar-refractivity contribution in [1.82, 2.24) is 5.32 Å². The van der Waals surface area contributed by atoms with Crippen LogP contribution in [0.3, 0.4) is 0 Å². The number of para-hydroxylation sites is 1. The molecule has 1 atom stereocenters. The van der Waals surface area contributed by atoms with Gasteiger partial charge in [-0.3, -0.25) is 0 Å². The van der Waals surface area contributed by atoms with Gasteiger partial charge in [-0.2, -0.15) is 0 Å². The van der Waals surface area contributed by atoms with Gasteiger partial charge in [-0.1, -0.05) is 18.9 Å². The minimum Gasteiger partial charge on any atom is -0.481 e. The molecule has 0 amide bonds. The van der Waals surface area contributed by atoms with Crippen molar-refractivity contribution in [3.63, 3.8) is 0 Å². The first kappa shape index (κ1) is 17.2. The van der Waals surface area contributed by atoms with Crippen LogP contribution in [0.4, 0.5) is 0 Å². The van der Waals surface area contributed by atoms with Crippen LogP contribution in [0.25, 0.3) is 0 Å². The molecule has 1 N–H and O–H groups in total. The first-order valence-electron chi connectivity index (χ1n) is 8.83. The molecule has 2 aromatic rings. The number of halogens is 1. The predicted molar refractivity (Wildman–Crippen MR) is 103 cm³/mol. The third-order valence-electron chi connectivity index (χ3n) is 4.74. The van der Waals surface area contributed by atoms with Crippen LogP contribution in [0.15, 0.2) is 34.1 Å². The summed E-state index contributed by atoms with van der Waals surface area (Å²) < 4.78 is 18.5. The summed E-state index contributed by atoms with van der Waals surface area (Å²) in [6.07, 6.45) is 6.22. The summed E-state index contributed by atoms with van der Waals surface area (Å²) >= 11 is 5.28. The number of hydrogen-bond donors (Lipinski definition) is 1. The molecule has 2 aliphatic rings. The summed E-state index contributed by atoms with van der Waals surface area (Å²) in [5, 5.41) is 3.68. The Bertz CT molecular complexity index is 714. The van der Waals surface area contributed by atoms with Crippen LogP contribution in [0.1, 0.15) is 43.1 Å². The van der Waals surface area contributed by atoms with E-state index in [1.165, 1.54) is 30.6 Å². The van der Waals surface area contributed by atoms with Crippen molar-refractivity contribution in [3.8, 4) is 17.2 Å². The Morgan fingerprint density at radius 2 is 2.08 bits per heavy atom. The highest BCUT2D eigenvalue weighted by Gasteiger charge is 2.23. The zero-order chi connectivity index (χ0) is 17.1. The third-order valence-corrected chi connectivity index (χ3v) is 6.45. The van der Waals surface area contributed by atoms with Crippen molar-refractivity contribution < 1.29 is 14.2 Å². The smallest absolute Gasteiger partial charge is 0.231 e. The Morgan fingerprint density at radius 3 is 2.88 bits per heavy atom. The Kier molecular flexibility index (Phi) is 5.48. The highest BCUT2D eigenvalue weighted by Crippen LogP contribution is 2.43. The molecule has 0 bridgehead atoms. The molecule has 6 heteroatoms. The highest BCUT2D eigenvalue weighted by molar-refractivity contribution is 9.11. The summed E-state index contributed by atoms with van der Waals surface area (Å²) in [5.41, 5.74) is 0. The molecule has 2 heterocycles. The molecule has 1 fully saturated rings. The summed E-state index contributed by atoms with van der Waals surface area (Å²) in [6.45, 7) is 1.21. The van der Waals surface area contributed by atoms with Crippen LogP contribution >= 0.6 is 27.3 Å². The zero-order valence-electron chi connectivity index (χ0n) is 14.0. The van der Waals surface area contributed by atoms with Gasteiger partial charge in [-0.05, 0) is 59.6 Å². The maximum absolute atomic E-state index is 6.37. The average molecular weight is 424 g/mol. The van der Waals surface area contributed by atoms with Gasteiger partial charge in [0.1, 0.15) is 6.10 Å². The normalized spacial score (nSPS) is 17.8. The van der Waals surface area contributed by atoms with Gasteiger partial charge in [-0.25, -0.2) is 0 Å². The van der Waals surface area contributed by atoms with E-state index in [9.17, 15) is 0 Å². The van der Waals surface area contributed by atoms with E-state index in [1.54, 1.807) is 11.3 Å². The maximum Gasteiger partial charge on any atom is 0.231 e. The number of benzene rings is 1. The van der Waals surface area contributed by atoms with E-state index in [0.29, 0.717) is 11.8 Å². The second kappa shape index (κ2) is 7.98. The zero-order valence-corrected chi connectivity index (χ0v) is 16.4. The van der Waals surface area contributed by atoms with Gasteiger partial charge in [-0.15, -0.1) is 11.3 Å². The Morgan fingerprint density at radius 1 is 1.20 bits per heavy atom. The van der Waals surface area contributed by atoms with E-state index in [1.807, 2.05) is 18.2 Å². The number of hydrogen-bond acceptors (Lipinski definition) is 5. The lowest BCUT2D eigenvalue weighted by atomic mass is 10.2. The molecule has 0 spiro atoms. The summed E-state index contributed by atoms with van der Waals surface area (Å²) in [7, 11) is 0. The molecule has 4 rings (SSSR count). The minimum absolute atomic E-state index is 0.000836. The predicted octanol–water partition coefficient (Wildman–Crippen LogP) is 5.28. The highest BCUT2D eigenvalue weighted by atomic mass is 79.9. The van der Waals surface area contributed by atoms with E-state index in [2.05, 4.69) is 33.4 Å². The molecular weight excluding hydrogens is 402 g/mol. The van der Waals surface area contributed by atoms with E-state index >= 15 is 0 Å². The van der Waals surface area contributed by atoms with Crippen molar-refractivity contribution in [1.29, 1.82) is 0 Å². The van der Waals surface area contributed by atoms with Crippen molar-refractivity contribution in [2.75, 3.05) is 13.3 Å². The molecule has 1 aliphatic heterocycles. The molecular formula is C19H22BrNO3S. The molecule has 1 saturated carbocycles. The second-order valence-electron chi connectivity index (χ2n) is 6.46. The average Bonchev–Trinajstić information content (AvgIpc) is 3.35. The van der Waals surface area contributed by atoms with Crippen LogP contribution < -0.4 is 19.5 Å². The van der Waals surface area contributed by atoms with Crippen molar-refractivity contribution in [2.24, 2.45) is 0 Å². The molecule has 0 saturated heterocycles. The fourth-order valence-electron chi connectivity index (χ4n) is 3.46. The minimum atomic E-state index is 0.000836. The summed E-state index contributed by atoms with van der Waals surface area (Å²) in [4.78, 5) is 1.22. The molecule has 25 heavy (non-hydrogen) atoms. The number of rotatable bonds is 7. The quantitative estimate of drug-likeness (QED) is 0.657. The fraction of sp³-hybridized carbons (Fsp3) is 0.474.